The van der Waals surface area contributed by atoms with E-state index in [0.29, 0.717) is 14.4 Å². The van der Waals surface area contributed by atoms with Crippen LogP contribution in [0.4, 0.5) is 0 Å². The molecule has 0 aliphatic carbocycles. The Morgan fingerprint density at radius 1 is 1.04 bits per heavy atom. The molecule has 0 N–H and O–H groups in total. The Labute approximate surface area is 166 Å². The van der Waals surface area contributed by atoms with Crippen molar-refractivity contribution in [3.8, 4) is 11.8 Å². The van der Waals surface area contributed by atoms with Gasteiger partial charge in [0, 0.05) is 0 Å². The average Bonchev–Trinajstić information content (AvgIpc) is 2.63. The minimum atomic E-state index is -2.19. The van der Waals surface area contributed by atoms with Gasteiger partial charge in [0.15, 0.2) is 0 Å². The Morgan fingerprint density at radius 2 is 1.56 bits per heavy atom. The van der Waals surface area contributed by atoms with Gasteiger partial charge in [-0.25, -0.2) is 0 Å². The van der Waals surface area contributed by atoms with Gasteiger partial charge in [-0.1, -0.05) is 0 Å². The molecule has 25 heavy (non-hydrogen) atoms. The Hall–Kier alpha value is 0.919. The Bertz CT molecular complexity index is 379. The molecule has 0 bridgehead atoms. The van der Waals surface area contributed by atoms with Gasteiger partial charge in [-0.3, -0.25) is 0 Å². The third-order valence-corrected chi connectivity index (χ3v) is 20.0. The van der Waals surface area contributed by atoms with E-state index >= 15 is 0 Å². The van der Waals surface area contributed by atoms with E-state index in [1.54, 1.807) is 0 Å². The molecule has 0 saturated carbocycles. The fourth-order valence-corrected chi connectivity index (χ4v) is 18.6. The fourth-order valence-electron chi connectivity index (χ4n) is 3.31. The SMILES string of the molecule is CC#CCC(C)[C@@H](/C=[CH]/[Sn]([CH2]CCC)([CH2]CCC)[CH2]CCC)OPP. The molecule has 4 atom stereocenters. The summed E-state index contributed by atoms with van der Waals surface area (Å²) in [5.41, 5.74) is 0. The molecule has 0 fully saturated rings. The van der Waals surface area contributed by atoms with Crippen molar-refractivity contribution in [3.63, 3.8) is 0 Å². The molecular weight excluding hydrogens is 449 g/mol. The van der Waals surface area contributed by atoms with Crippen LogP contribution in [0.5, 0.6) is 0 Å². The zero-order valence-corrected chi connectivity index (χ0v) is 22.4. The molecule has 0 saturated heterocycles. The van der Waals surface area contributed by atoms with E-state index < -0.39 is 18.4 Å². The second-order valence-electron chi connectivity index (χ2n) is 7.34. The molecule has 0 radical (unpaired) electrons. The van der Waals surface area contributed by atoms with Crippen LogP contribution in [0, 0.1) is 17.8 Å². The molecule has 4 heteroatoms. The van der Waals surface area contributed by atoms with Gasteiger partial charge in [0.1, 0.15) is 0 Å². The molecule has 0 rings (SSSR count). The van der Waals surface area contributed by atoms with E-state index in [1.165, 1.54) is 51.8 Å². The van der Waals surface area contributed by atoms with E-state index in [2.05, 4.69) is 58.6 Å². The van der Waals surface area contributed by atoms with Crippen LogP contribution in [0.3, 0.4) is 0 Å². The quantitative estimate of drug-likeness (QED) is 0.129. The first kappa shape index (κ1) is 25.9. The molecule has 0 heterocycles. The number of rotatable bonds is 15. The van der Waals surface area contributed by atoms with E-state index in [9.17, 15) is 0 Å². The zero-order valence-electron chi connectivity index (χ0n) is 17.4. The first-order valence-corrected chi connectivity index (χ1v) is 20.7. The molecule has 3 unspecified atom stereocenters. The van der Waals surface area contributed by atoms with Crippen molar-refractivity contribution < 1.29 is 4.52 Å². The third-order valence-electron chi connectivity index (χ3n) is 5.09. The second-order valence-corrected chi connectivity index (χ2v) is 21.5. The predicted molar refractivity (Wildman–Crippen MR) is 124 cm³/mol. The van der Waals surface area contributed by atoms with E-state index in [-0.39, 0.29) is 6.10 Å². The summed E-state index contributed by atoms with van der Waals surface area (Å²) in [5.74, 6) is 6.74. The van der Waals surface area contributed by atoms with Gasteiger partial charge >= 0.3 is 167 Å². The first-order chi connectivity index (χ1) is 12.1. The van der Waals surface area contributed by atoms with E-state index in [1.807, 2.05) is 6.92 Å². The molecule has 0 aromatic carbocycles. The molecule has 0 amide bonds. The second kappa shape index (κ2) is 17.0. The van der Waals surface area contributed by atoms with Crippen molar-refractivity contribution >= 4 is 35.8 Å². The van der Waals surface area contributed by atoms with Crippen LogP contribution in [0.1, 0.15) is 79.6 Å². The molecule has 0 spiro atoms. The molecular formula is C21H42OP2Sn. The summed E-state index contributed by atoms with van der Waals surface area (Å²) in [5, 5.41) is 0. The number of hydrogen-bond acceptors (Lipinski definition) is 1. The van der Waals surface area contributed by atoms with Gasteiger partial charge in [0.2, 0.25) is 0 Å². The summed E-state index contributed by atoms with van der Waals surface area (Å²) < 4.78 is 13.4. The number of unbranched alkanes of at least 4 members (excludes halogenated alkanes) is 3. The maximum atomic E-state index is 6.08. The predicted octanol–water partition coefficient (Wildman–Crippen LogP) is 7.75. The maximum absolute atomic E-state index is 6.08. The van der Waals surface area contributed by atoms with Crippen molar-refractivity contribution in [2.45, 2.75) is 99.0 Å². The van der Waals surface area contributed by atoms with Crippen molar-refractivity contribution in [1.82, 2.24) is 0 Å². The molecule has 1 nitrogen and oxygen atoms in total. The topological polar surface area (TPSA) is 9.23 Å². The fraction of sp³-hybridized carbons (Fsp3) is 0.810. The van der Waals surface area contributed by atoms with Crippen LogP contribution in [0.25, 0.3) is 0 Å². The molecule has 0 aromatic rings. The first-order valence-electron chi connectivity index (χ1n) is 10.3. The van der Waals surface area contributed by atoms with Crippen molar-refractivity contribution in [1.29, 1.82) is 0 Å². The standard InChI is InChI=1S/C9H15OP2.3C4H9.Sn/c1-4-6-7-8(3)9(5-2)10-12-11;3*1-3-4-2;/h2,5,8-9,12H,7,11H2,1,3H3;3*1,3-4H2,2H3;/t8?,9-;;;;/m1..../s1. The average molecular weight is 491 g/mol. The van der Waals surface area contributed by atoms with Crippen LogP contribution in [0.15, 0.2) is 10.2 Å². The summed E-state index contributed by atoms with van der Waals surface area (Å²) in [6, 6.07) is 0. The van der Waals surface area contributed by atoms with Gasteiger partial charge in [-0.2, -0.15) is 0 Å². The van der Waals surface area contributed by atoms with Gasteiger partial charge in [0.25, 0.3) is 0 Å². The van der Waals surface area contributed by atoms with Crippen LogP contribution in [-0.4, -0.2) is 24.5 Å². The summed E-state index contributed by atoms with van der Waals surface area (Å²) >= 11 is -2.19. The van der Waals surface area contributed by atoms with Gasteiger partial charge in [0.05, 0.1) is 0 Å². The Morgan fingerprint density at radius 3 is 1.96 bits per heavy atom. The van der Waals surface area contributed by atoms with Crippen molar-refractivity contribution in [2.24, 2.45) is 5.92 Å². The van der Waals surface area contributed by atoms with Crippen LogP contribution < -0.4 is 0 Å². The molecule has 0 aliphatic rings. The summed E-state index contributed by atoms with van der Waals surface area (Å²) in [7, 11) is 3.21. The van der Waals surface area contributed by atoms with Gasteiger partial charge in [-0.05, 0) is 0 Å². The Kier molecular flexibility index (Phi) is 17.7. The summed E-state index contributed by atoms with van der Waals surface area (Å²) in [6.07, 6.45) is 11.9. The van der Waals surface area contributed by atoms with Crippen LogP contribution in [0.2, 0.25) is 13.3 Å². The third kappa shape index (κ3) is 12.1. The number of hydrogen-bond donors (Lipinski definition) is 0. The summed E-state index contributed by atoms with van der Waals surface area (Å²) in [6.45, 7) is 11.2. The van der Waals surface area contributed by atoms with Crippen LogP contribution >= 0.6 is 17.4 Å². The molecule has 0 aromatic heterocycles. The van der Waals surface area contributed by atoms with Crippen molar-refractivity contribution in [3.05, 3.63) is 10.2 Å². The zero-order chi connectivity index (χ0) is 19.0. The Balaban J connectivity index is 5.31. The normalized spacial score (nSPS) is 14.8. The molecule has 0 aliphatic heterocycles. The van der Waals surface area contributed by atoms with Crippen LogP contribution in [-0.2, 0) is 4.52 Å². The summed E-state index contributed by atoms with van der Waals surface area (Å²) in [4.78, 5) is 0. The van der Waals surface area contributed by atoms with Gasteiger partial charge < -0.3 is 0 Å². The van der Waals surface area contributed by atoms with E-state index in [4.69, 9.17) is 4.52 Å². The minimum absolute atomic E-state index is 0.234. The van der Waals surface area contributed by atoms with Gasteiger partial charge in [-0.15, -0.1) is 0 Å². The molecule has 146 valence electrons. The van der Waals surface area contributed by atoms with E-state index in [0.717, 1.165) is 6.42 Å². The monoisotopic (exact) mass is 492 g/mol. The van der Waals surface area contributed by atoms with Crippen molar-refractivity contribution in [2.75, 3.05) is 0 Å².